The van der Waals surface area contributed by atoms with Crippen LogP contribution in [-0.4, -0.2) is 31.4 Å². The first-order valence-electron chi connectivity index (χ1n) is 10.0. The van der Waals surface area contributed by atoms with Crippen LogP contribution in [0.2, 0.25) is 0 Å². The maximum absolute atomic E-state index is 12.4. The molecule has 0 unspecified atom stereocenters. The molecule has 0 spiro atoms. The number of benzene rings is 2. The predicted molar refractivity (Wildman–Crippen MR) is 128 cm³/mol. The van der Waals surface area contributed by atoms with Crippen LogP contribution < -0.4 is 10.1 Å². The number of hydrogen-bond donors (Lipinski definition) is 1. The van der Waals surface area contributed by atoms with Crippen molar-refractivity contribution >= 4 is 34.1 Å². The summed E-state index contributed by atoms with van der Waals surface area (Å²) >= 11 is 2.73. The third-order valence-corrected chi connectivity index (χ3v) is 6.54. The Morgan fingerprint density at radius 2 is 1.97 bits per heavy atom. The number of aromatic nitrogens is 4. The third kappa shape index (κ3) is 5.35. The van der Waals surface area contributed by atoms with Crippen molar-refractivity contribution in [2.24, 2.45) is 7.05 Å². The van der Waals surface area contributed by atoms with E-state index in [0.717, 1.165) is 22.6 Å². The van der Waals surface area contributed by atoms with Crippen LogP contribution in [0.4, 0.5) is 5.13 Å². The zero-order valence-corrected chi connectivity index (χ0v) is 19.7. The summed E-state index contributed by atoms with van der Waals surface area (Å²) in [6, 6.07) is 15.9. The van der Waals surface area contributed by atoms with Gasteiger partial charge >= 0.3 is 0 Å². The SMILES string of the molecule is Cc1ccc(OCc2nnc(SCC(=O)Nc3nc(-c4ccccc4)cs3)n2C)c(C)c1. The Morgan fingerprint density at radius 3 is 2.75 bits per heavy atom. The first-order chi connectivity index (χ1) is 15.5. The van der Waals surface area contributed by atoms with Crippen LogP contribution in [0.15, 0.2) is 59.1 Å². The van der Waals surface area contributed by atoms with E-state index in [4.69, 9.17) is 4.74 Å². The zero-order chi connectivity index (χ0) is 22.5. The van der Waals surface area contributed by atoms with Gasteiger partial charge in [0.1, 0.15) is 12.4 Å². The monoisotopic (exact) mass is 465 g/mol. The van der Waals surface area contributed by atoms with Gasteiger partial charge in [-0.25, -0.2) is 4.98 Å². The van der Waals surface area contributed by atoms with Gasteiger partial charge in [0.05, 0.1) is 11.4 Å². The molecule has 1 N–H and O–H groups in total. The molecule has 0 bridgehead atoms. The largest absolute Gasteiger partial charge is 0.485 e. The number of hydrogen-bond acceptors (Lipinski definition) is 7. The molecule has 32 heavy (non-hydrogen) atoms. The summed E-state index contributed by atoms with van der Waals surface area (Å²) in [5, 5.41) is 14.4. The highest BCUT2D eigenvalue weighted by Crippen LogP contribution is 2.25. The van der Waals surface area contributed by atoms with Crippen molar-refractivity contribution in [1.29, 1.82) is 0 Å². The molecule has 1 amide bonds. The van der Waals surface area contributed by atoms with Crippen LogP contribution in [0.1, 0.15) is 17.0 Å². The van der Waals surface area contributed by atoms with Crippen molar-refractivity contribution in [2.75, 3.05) is 11.1 Å². The Hall–Kier alpha value is -3.17. The van der Waals surface area contributed by atoms with Gasteiger partial charge in [-0.1, -0.05) is 59.8 Å². The van der Waals surface area contributed by atoms with Gasteiger partial charge in [0, 0.05) is 18.0 Å². The Morgan fingerprint density at radius 1 is 1.16 bits per heavy atom. The minimum absolute atomic E-state index is 0.139. The highest BCUT2D eigenvalue weighted by molar-refractivity contribution is 7.99. The van der Waals surface area contributed by atoms with Crippen molar-refractivity contribution in [3.05, 3.63) is 70.9 Å². The molecule has 4 aromatic rings. The molecular weight excluding hydrogens is 442 g/mol. The van der Waals surface area contributed by atoms with Crippen LogP contribution in [-0.2, 0) is 18.4 Å². The maximum Gasteiger partial charge on any atom is 0.236 e. The number of thioether (sulfide) groups is 1. The van der Waals surface area contributed by atoms with Crippen LogP contribution in [0, 0.1) is 13.8 Å². The first kappa shape index (κ1) is 22.0. The average Bonchev–Trinajstić information content (AvgIpc) is 3.39. The molecule has 4 rings (SSSR count). The molecule has 164 valence electrons. The summed E-state index contributed by atoms with van der Waals surface area (Å²) in [6.07, 6.45) is 0. The Balaban J connectivity index is 1.30. The standard InChI is InChI=1S/C23H23N5O2S2/c1-15-9-10-19(16(2)11-15)30-12-20-26-27-23(28(20)3)32-14-21(29)25-22-24-18(13-31-22)17-7-5-4-6-8-17/h4-11,13H,12,14H2,1-3H3,(H,24,25,29). The molecule has 0 atom stereocenters. The lowest BCUT2D eigenvalue weighted by molar-refractivity contribution is -0.113. The molecule has 9 heteroatoms. The van der Waals surface area contributed by atoms with Crippen LogP contribution >= 0.6 is 23.1 Å². The van der Waals surface area contributed by atoms with Gasteiger partial charge < -0.3 is 14.6 Å². The van der Waals surface area contributed by atoms with Gasteiger partial charge in [-0.15, -0.1) is 21.5 Å². The maximum atomic E-state index is 12.4. The highest BCUT2D eigenvalue weighted by Gasteiger charge is 2.14. The van der Waals surface area contributed by atoms with E-state index in [-0.39, 0.29) is 11.7 Å². The van der Waals surface area contributed by atoms with E-state index in [1.54, 1.807) is 0 Å². The van der Waals surface area contributed by atoms with Crippen LogP contribution in [0.3, 0.4) is 0 Å². The molecule has 2 heterocycles. The van der Waals surface area contributed by atoms with Gasteiger partial charge in [0.15, 0.2) is 16.1 Å². The number of anilines is 1. The second kappa shape index (κ2) is 9.97. The quantitative estimate of drug-likeness (QED) is 0.374. The topological polar surface area (TPSA) is 81.9 Å². The lowest BCUT2D eigenvalue weighted by Crippen LogP contribution is -2.14. The summed E-state index contributed by atoms with van der Waals surface area (Å²) in [7, 11) is 1.87. The minimum atomic E-state index is -0.139. The van der Waals surface area contributed by atoms with Gasteiger partial charge in [-0.2, -0.15) is 0 Å². The predicted octanol–water partition coefficient (Wildman–Crippen LogP) is 4.87. The number of amides is 1. The van der Waals surface area contributed by atoms with Crippen LogP contribution in [0.5, 0.6) is 5.75 Å². The van der Waals surface area contributed by atoms with E-state index in [9.17, 15) is 4.79 Å². The summed E-state index contributed by atoms with van der Waals surface area (Å²) in [6.45, 7) is 4.38. The summed E-state index contributed by atoms with van der Waals surface area (Å²) in [4.78, 5) is 16.9. The molecule has 0 aliphatic carbocycles. The fraction of sp³-hybridized carbons (Fsp3) is 0.217. The van der Waals surface area contributed by atoms with Gasteiger partial charge in [-0.3, -0.25) is 4.79 Å². The fourth-order valence-corrected chi connectivity index (χ4v) is 4.52. The number of ether oxygens (including phenoxy) is 1. The first-order valence-corrected chi connectivity index (χ1v) is 11.9. The molecule has 0 saturated carbocycles. The second-order valence-corrected chi connectivity index (χ2v) is 9.06. The molecule has 2 aromatic heterocycles. The number of nitrogens with one attached hydrogen (secondary N) is 1. The Labute approximate surface area is 194 Å². The highest BCUT2D eigenvalue weighted by atomic mass is 32.2. The molecule has 0 saturated heterocycles. The van der Waals surface area contributed by atoms with Gasteiger partial charge in [0.2, 0.25) is 5.91 Å². The molecule has 2 aromatic carbocycles. The van der Waals surface area contributed by atoms with Crippen molar-refractivity contribution in [2.45, 2.75) is 25.6 Å². The minimum Gasteiger partial charge on any atom is -0.485 e. The molecule has 0 radical (unpaired) electrons. The number of aryl methyl sites for hydroxylation is 2. The van der Waals surface area contributed by atoms with Crippen molar-refractivity contribution < 1.29 is 9.53 Å². The van der Waals surface area contributed by atoms with Crippen molar-refractivity contribution in [3.8, 4) is 17.0 Å². The lowest BCUT2D eigenvalue weighted by Gasteiger charge is -2.09. The molecule has 0 aliphatic heterocycles. The fourth-order valence-electron chi connectivity index (χ4n) is 3.06. The molecule has 7 nitrogen and oxygen atoms in total. The number of thiazole rings is 1. The summed E-state index contributed by atoms with van der Waals surface area (Å²) < 4.78 is 7.74. The normalized spacial score (nSPS) is 10.8. The third-order valence-electron chi connectivity index (χ3n) is 4.76. The van der Waals surface area contributed by atoms with Crippen LogP contribution in [0.25, 0.3) is 11.3 Å². The van der Waals surface area contributed by atoms with Crippen molar-refractivity contribution in [1.82, 2.24) is 19.7 Å². The van der Waals surface area contributed by atoms with E-state index in [2.05, 4.69) is 33.5 Å². The van der Waals surface area contributed by atoms with E-state index in [0.29, 0.717) is 22.7 Å². The zero-order valence-electron chi connectivity index (χ0n) is 18.0. The number of carbonyl (C=O) groups excluding carboxylic acids is 1. The molecule has 0 fully saturated rings. The van der Waals surface area contributed by atoms with E-state index in [1.807, 2.05) is 66.4 Å². The van der Waals surface area contributed by atoms with E-state index >= 15 is 0 Å². The number of rotatable bonds is 8. The molecule has 0 aliphatic rings. The average molecular weight is 466 g/mol. The lowest BCUT2D eigenvalue weighted by atomic mass is 10.1. The van der Waals surface area contributed by atoms with Gasteiger partial charge in [0.25, 0.3) is 0 Å². The smallest absolute Gasteiger partial charge is 0.236 e. The van der Waals surface area contributed by atoms with Crippen molar-refractivity contribution in [3.63, 3.8) is 0 Å². The van der Waals surface area contributed by atoms with E-state index in [1.165, 1.54) is 28.7 Å². The van der Waals surface area contributed by atoms with Gasteiger partial charge in [-0.05, 0) is 25.5 Å². The second-order valence-electron chi connectivity index (χ2n) is 7.26. The number of carbonyl (C=O) groups is 1. The van der Waals surface area contributed by atoms with E-state index < -0.39 is 0 Å². The number of nitrogens with zero attached hydrogens (tertiary/aromatic N) is 4. The summed E-state index contributed by atoms with van der Waals surface area (Å²) in [5.74, 6) is 1.59. The summed E-state index contributed by atoms with van der Waals surface area (Å²) in [5.41, 5.74) is 4.14. The molecular formula is C23H23N5O2S2. The Bertz CT molecular complexity index is 1220. The Kier molecular flexibility index (Phi) is 6.87.